The lowest BCUT2D eigenvalue weighted by atomic mass is 9.82. The average Bonchev–Trinajstić information content (AvgIpc) is 2.33. The van der Waals surface area contributed by atoms with Crippen LogP contribution in [-0.2, 0) is 0 Å². The Balaban J connectivity index is 2.95. The second-order valence-electron chi connectivity index (χ2n) is 4.31. The first-order valence-electron chi connectivity index (χ1n) is 6.22. The van der Waals surface area contributed by atoms with Crippen LogP contribution in [-0.4, -0.2) is 4.98 Å². The first-order valence-corrected chi connectivity index (χ1v) is 7.01. The normalized spacial score (nSPS) is 14.0. The van der Waals surface area contributed by atoms with E-state index in [9.17, 15) is 0 Å². The van der Waals surface area contributed by atoms with Gasteiger partial charge >= 0.3 is 0 Å². The van der Waals surface area contributed by atoms with Crippen molar-refractivity contribution in [1.29, 1.82) is 5.26 Å². The van der Waals surface area contributed by atoms with E-state index in [1.54, 1.807) is 0 Å². The summed E-state index contributed by atoms with van der Waals surface area (Å²) in [5, 5.41) is 8.99. The van der Waals surface area contributed by atoms with Crippen molar-refractivity contribution in [3.8, 4) is 6.07 Å². The third-order valence-electron chi connectivity index (χ3n) is 3.18. The van der Waals surface area contributed by atoms with Gasteiger partial charge in [-0.25, -0.2) is 4.98 Å². The molecule has 3 heteroatoms. The highest BCUT2D eigenvalue weighted by molar-refractivity contribution is 9.10. The summed E-state index contributed by atoms with van der Waals surface area (Å²) < 4.78 is 0.851. The van der Waals surface area contributed by atoms with Gasteiger partial charge < -0.3 is 0 Å². The number of nitrogens with zero attached hydrogens (tertiary/aromatic N) is 2. The first-order chi connectivity index (χ1) is 8.22. The number of nitriles is 1. The van der Waals surface area contributed by atoms with E-state index >= 15 is 0 Å². The molecule has 1 heterocycles. The van der Waals surface area contributed by atoms with Gasteiger partial charge in [0.05, 0.1) is 6.07 Å². The fourth-order valence-corrected chi connectivity index (χ4v) is 2.66. The summed E-state index contributed by atoms with van der Waals surface area (Å²) in [6.07, 6.45) is 3.99. The van der Waals surface area contributed by atoms with Gasteiger partial charge in [0.2, 0.25) is 0 Å². The highest BCUT2D eigenvalue weighted by atomic mass is 79.9. The maximum atomic E-state index is 8.99. The molecule has 0 amide bonds. The molecule has 0 fully saturated rings. The molecule has 0 saturated carbocycles. The SMILES string of the molecule is CCCC(CC)C(CC#N)c1cccc(Br)n1. The van der Waals surface area contributed by atoms with E-state index < -0.39 is 0 Å². The summed E-state index contributed by atoms with van der Waals surface area (Å²) in [6.45, 7) is 4.39. The number of halogens is 1. The van der Waals surface area contributed by atoms with Crippen molar-refractivity contribution < 1.29 is 0 Å². The Morgan fingerprint density at radius 3 is 2.71 bits per heavy atom. The quantitative estimate of drug-likeness (QED) is 0.715. The number of rotatable bonds is 6. The van der Waals surface area contributed by atoms with Crippen LogP contribution in [0.15, 0.2) is 22.8 Å². The molecule has 2 nitrogen and oxygen atoms in total. The van der Waals surface area contributed by atoms with Crippen LogP contribution in [0.3, 0.4) is 0 Å². The van der Waals surface area contributed by atoms with Crippen molar-refractivity contribution in [3.05, 3.63) is 28.5 Å². The lowest BCUT2D eigenvalue weighted by Crippen LogP contribution is -2.13. The second-order valence-corrected chi connectivity index (χ2v) is 5.12. The zero-order chi connectivity index (χ0) is 12.7. The lowest BCUT2D eigenvalue weighted by Gasteiger charge is -2.23. The van der Waals surface area contributed by atoms with Crippen molar-refractivity contribution in [2.24, 2.45) is 5.92 Å². The van der Waals surface area contributed by atoms with Gasteiger partial charge in [-0.1, -0.05) is 39.2 Å². The molecule has 1 rings (SSSR count). The lowest BCUT2D eigenvalue weighted by molar-refractivity contribution is 0.376. The van der Waals surface area contributed by atoms with E-state index in [4.69, 9.17) is 5.26 Å². The van der Waals surface area contributed by atoms with Crippen LogP contribution < -0.4 is 0 Å². The van der Waals surface area contributed by atoms with Crippen LogP contribution in [0.25, 0.3) is 0 Å². The molecule has 0 radical (unpaired) electrons. The summed E-state index contributed by atoms with van der Waals surface area (Å²) in [7, 11) is 0. The molecule has 17 heavy (non-hydrogen) atoms. The minimum absolute atomic E-state index is 0.266. The maximum absolute atomic E-state index is 8.99. The molecule has 92 valence electrons. The topological polar surface area (TPSA) is 36.7 Å². The monoisotopic (exact) mass is 294 g/mol. The second kappa shape index (κ2) is 7.45. The summed E-state index contributed by atoms with van der Waals surface area (Å²) in [6, 6.07) is 8.26. The fraction of sp³-hybridized carbons (Fsp3) is 0.571. The molecule has 0 aliphatic rings. The molecule has 2 unspecified atom stereocenters. The zero-order valence-corrected chi connectivity index (χ0v) is 12.1. The van der Waals surface area contributed by atoms with Crippen LogP contribution in [0.5, 0.6) is 0 Å². The zero-order valence-electron chi connectivity index (χ0n) is 10.5. The van der Waals surface area contributed by atoms with E-state index in [-0.39, 0.29) is 5.92 Å². The Labute approximate surface area is 112 Å². The van der Waals surface area contributed by atoms with Gasteiger partial charge in [0, 0.05) is 18.0 Å². The van der Waals surface area contributed by atoms with Crippen molar-refractivity contribution in [2.75, 3.05) is 0 Å². The molecule has 0 saturated heterocycles. The Morgan fingerprint density at radius 2 is 2.18 bits per heavy atom. The first kappa shape index (κ1) is 14.2. The number of aromatic nitrogens is 1. The third-order valence-corrected chi connectivity index (χ3v) is 3.62. The summed E-state index contributed by atoms with van der Waals surface area (Å²) in [5.41, 5.74) is 1.04. The Morgan fingerprint density at radius 1 is 1.41 bits per heavy atom. The van der Waals surface area contributed by atoms with Crippen molar-refractivity contribution in [1.82, 2.24) is 4.98 Å². The average molecular weight is 295 g/mol. The Kier molecular flexibility index (Phi) is 6.21. The van der Waals surface area contributed by atoms with Crippen LogP contribution in [0.4, 0.5) is 0 Å². The highest BCUT2D eigenvalue weighted by Crippen LogP contribution is 2.32. The molecule has 0 N–H and O–H groups in total. The molecule has 0 aromatic carbocycles. The molecular weight excluding hydrogens is 276 g/mol. The molecule has 0 aliphatic carbocycles. The highest BCUT2D eigenvalue weighted by Gasteiger charge is 2.22. The predicted molar refractivity (Wildman–Crippen MR) is 73.6 cm³/mol. The standard InChI is InChI=1S/C14H19BrN2/c1-3-6-11(4-2)12(9-10-16)13-7-5-8-14(15)17-13/h5,7-8,11-12H,3-4,6,9H2,1-2H3. The van der Waals surface area contributed by atoms with Gasteiger partial charge in [0.1, 0.15) is 4.60 Å². The molecule has 1 aromatic rings. The number of hydrogen-bond donors (Lipinski definition) is 0. The van der Waals surface area contributed by atoms with Gasteiger partial charge in [0.15, 0.2) is 0 Å². The van der Waals surface area contributed by atoms with Crippen LogP contribution >= 0.6 is 15.9 Å². The van der Waals surface area contributed by atoms with Gasteiger partial charge in [0.25, 0.3) is 0 Å². The van der Waals surface area contributed by atoms with E-state index in [2.05, 4.69) is 40.8 Å². The number of hydrogen-bond acceptors (Lipinski definition) is 2. The van der Waals surface area contributed by atoms with Crippen LogP contribution in [0.2, 0.25) is 0 Å². The van der Waals surface area contributed by atoms with Gasteiger partial charge in [-0.05, 0) is 34.0 Å². The minimum Gasteiger partial charge on any atom is -0.246 e. The van der Waals surface area contributed by atoms with Crippen molar-refractivity contribution in [3.63, 3.8) is 0 Å². The Hall–Kier alpha value is -0.880. The third kappa shape index (κ3) is 4.12. The molecular formula is C14H19BrN2. The Bertz CT molecular complexity index is 384. The molecule has 1 aromatic heterocycles. The molecule has 0 bridgehead atoms. The van der Waals surface area contributed by atoms with E-state index in [1.807, 2.05) is 18.2 Å². The van der Waals surface area contributed by atoms with Crippen LogP contribution in [0, 0.1) is 17.2 Å². The smallest absolute Gasteiger partial charge is 0.106 e. The maximum Gasteiger partial charge on any atom is 0.106 e. The van der Waals surface area contributed by atoms with Gasteiger partial charge in [-0.3, -0.25) is 0 Å². The van der Waals surface area contributed by atoms with E-state index in [0.717, 1.165) is 29.6 Å². The fourth-order valence-electron chi connectivity index (χ4n) is 2.30. The largest absolute Gasteiger partial charge is 0.246 e. The summed E-state index contributed by atoms with van der Waals surface area (Å²) in [5.74, 6) is 0.823. The van der Waals surface area contributed by atoms with Crippen molar-refractivity contribution >= 4 is 15.9 Å². The molecule has 0 aliphatic heterocycles. The van der Waals surface area contributed by atoms with Crippen molar-refractivity contribution in [2.45, 2.75) is 45.4 Å². The predicted octanol–water partition coefficient (Wildman–Crippen LogP) is 4.67. The molecule has 0 spiro atoms. The number of pyridine rings is 1. The molecule has 2 atom stereocenters. The summed E-state index contributed by atoms with van der Waals surface area (Å²) >= 11 is 3.40. The van der Waals surface area contributed by atoms with Gasteiger partial charge in [-0.2, -0.15) is 5.26 Å². The van der Waals surface area contributed by atoms with E-state index in [1.165, 1.54) is 0 Å². The minimum atomic E-state index is 0.266. The summed E-state index contributed by atoms with van der Waals surface area (Å²) in [4.78, 5) is 4.51. The van der Waals surface area contributed by atoms with E-state index in [0.29, 0.717) is 12.3 Å². The van der Waals surface area contributed by atoms with Crippen LogP contribution in [0.1, 0.15) is 51.1 Å². The van der Waals surface area contributed by atoms with Gasteiger partial charge in [-0.15, -0.1) is 0 Å².